The van der Waals surface area contributed by atoms with Gasteiger partial charge in [-0.25, -0.2) is 0 Å². The van der Waals surface area contributed by atoms with Crippen LogP contribution in [0.2, 0.25) is 0 Å². The summed E-state index contributed by atoms with van der Waals surface area (Å²) < 4.78 is 10.3. The van der Waals surface area contributed by atoms with Crippen molar-refractivity contribution in [1.82, 2.24) is 5.32 Å². The topological polar surface area (TPSA) is 108 Å². The summed E-state index contributed by atoms with van der Waals surface area (Å²) in [5.74, 6) is 0.763. The Morgan fingerprint density at radius 3 is 2.83 bits per heavy atom. The summed E-state index contributed by atoms with van der Waals surface area (Å²) in [6, 6.07) is -0.886. The van der Waals surface area contributed by atoms with E-state index >= 15 is 0 Å². The number of rotatable bonds is 5. The number of aliphatic hydroxyl groups is 1. The Bertz CT molecular complexity index is 315. The van der Waals surface area contributed by atoms with Crippen LogP contribution in [0, 0.1) is 0 Å². The summed E-state index contributed by atoms with van der Waals surface area (Å²) in [4.78, 5) is 28.4. The molecule has 1 aliphatic rings. The zero-order valence-corrected chi connectivity index (χ0v) is 10.7. The van der Waals surface area contributed by atoms with E-state index in [1.54, 1.807) is 0 Å². The van der Waals surface area contributed by atoms with Crippen LogP contribution in [0.1, 0.15) is 0 Å². The van der Waals surface area contributed by atoms with Gasteiger partial charge in [0.2, 0.25) is 5.91 Å². The molecule has 1 aliphatic heterocycles. The van der Waals surface area contributed by atoms with Gasteiger partial charge in [-0.05, 0) is 11.9 Å². The summed E-state index contributed by atoms with van der Waals surface area (Å²) in [5.41, 5.74) is 0. The van der Waals surface area contributed by atoms with Gasteiger partial charge in [-0.15, -0.1) is 0 Å². The quantitative estimate of drug-likeness (QED) is 0.347. The summed E-state index contributed by atoms with van der Waals surface area (Å²) >= 11 is 0. The lowest BCUT2D eigenvalue weighted by atomic mass is 9.93. The Balaban J connectivity index is 2.52. The zero-order valence-electron chi connectivity index (χ0n) is 9.76. The Kier molecular flexibility index (Phi) is 6.21. The molecule has 7 nitrogen and oxygen atoms in total. The molecular weight excluding hydrogens is 260 g/mol. The molecular formula is C9H15BNO6P. The normalized spacial score (nSPS) is 32.3. The smallest absolute Gasteiger partial charge is 0.245 e. The lowest BCUT2D eigenvalue weighted by molar-refractivity contribution is -0.129. The second-order valence-corrected chi connectivity index (χ2v) is 4.61. The Morgan fingerprint density at radius 1 is 1.61 bits per heavy atom. The monoisotopic (exact) mass is 275 g/mol. The average molecular weight is 275 g/mol. The molecule has 2 radical (unpaired) electrons. The van der Waals surface area contributed by atoms with Gasteiger partial charge in [-0.1, -0.05) is 0 Å². The molecule has 4 N–H and O–H groups in total. The van der Waals surface area contributed by atoms with Gasteiger partial charge in [-0.3, -0.25) is 4.79 Å². The highest BCUT2D eigenvalue weighted by molar-refractivity contribution is 7.48. The summed E-state index contributed by atoms with van der Waals surface area (Å²) in [7, 11) is 4.86. The first-order valence-electron chi connectivity index (χ1n) is 5.22. The summed E-state index contributed by atoms with van der Waals surface area (Å²) in [5, 5.41) is 12.2. The van der Waals surface area contributed by atoms with E-state index in [2.05, 4.69) is 5.32 Å². The van der Waals surface area contributed by atoms with Crippen molar-refractivity contribution < 1.29 is 29.2 Å². The third kappa shape index (κ3) is 4.31. The Labute approximate surface area is 107 Å². The minimum atomic E-state index is -2.20. The minimum absolute atomic E-state index is 0.238. The van der Waals surface area contributed by atoms with Crippen molar-refractivity contribution in [3.05, 3.63) is 11.9 Å². The number of nitrogens with one attached hydrogen (secondary N) is 1. The predicted octanol–water partition coefficient (Wildman–Crippen LogP) is -1.82. The first-order valence-corrected chi connectivity index (χ1v) is 6.54. The predicted molar refractivity (Wildman–Crippen MR) is 64.7 cm³/mol. The molecule has 0 aromatic carbocycles. The van der Waals surface area contributed by atoms with Crippen molar-refractivity contribution in [2.75, 3.05) is 13.7 Å². The van der Waals surface area contributed by atoms with Gasteiger partial charge < -0.3 is 29.7 Å². The first-order chi connectivity index (χ1) is 8.45. The first kappa shape index (κ1) is 15.6. The van der Waals surface area contributed by atoms with Crippen molar-refractivity contribution in [3.63, 3.8) is 0 Å². The van der Waals surface area contributed by atoms with Crippen LogP contribution in [0.3, 0.4) is 0 Å². The molecule has 1 fully saturated rings. The molecule has 0 spiro atoms. The average Bonchev–Trinajstić information content (AvgIpc) is 2.59. The van der Waals surface area contributed by atoms with Gasteiger partial charge in [0.15, 0.2) is 8.38 Å². The second kappa shape index (κ2) is 7.18. The standard InChI is InChI=1S/C9H15BNO6P/c1-11-6(12)4-16-8-7(13)5(17-9(8)10)2-3-18(14)15/h2-3,5,7-9,13-15H,4H2,1H3,(H,11,12)/b3-2+. The number of likely N-dealkylation sites (N-methyl/N-ethyl adjacent to an activating group) is 1. The SMILES string of the molecule is [B]C1OC(/C=C/P(O)O)C(O)C1OCC(=O)NC. The summed E-state index contributed by atoms with van der Waals surface area (Å²) in [6.07, 6.45) is -1.41. The van der Waals surface area contributed by atoms with Gasteiger partial charge in [0.1, 0.15) is 32.8 Å². The molecule has 1 rings (SSSR count). The number of hydrogen-bond donors (Lipinski definition) is 4. The van der Waals surface area contributed by atoms with E-state index in [1.165, 1.54) is 13.1 Å². The molecule has 1 amide bonds. The van der Waals surface area contributed by atoms with Crippen LogP contribution in [0.4, 0.5) is 0 Å². The van der Waals surface area contributed by atoms with Crippen molar-refractivity contribution >= 4 is 22.1 Å². The molecule has 18 heavy (non-hydrogen) atoms. The van der Waals surface area contributed by atoms with Gasteiger partial charge in [0.05, 0.1) is 0 Å². The molecule has 4 atom stereocenters. The van der Waals surface area contributed by atoms with Crippen molar-refractivity contribution in [2.24, 2.45) is 0 Å². The largest absolute Gasteiger partial charge is 0.387 e. The number of carbonyl (C=O) groups excluding carboxylic acids is 1. The minimum Gasteiger partial charge on any atom is -0.387 e. The van der Waals surface area contributed by atoms with E-state index in [1.807, 2.05) is 0 Å². The number of amides is 1. The maximum atomic E-state index is 11.0. The lowest BCUT2D eigenvalue weighted by Gasteiger charge is -2.18. The van der Waals surface area contributed by atoms with E-state index in [4.69, 9.17) is 27.1 Å². The van der Waals surface area contributed by atoms with Crippen LogP contribution in [-0.4, -0.2) is 66.6 Å². The highest BCUT2D eigenvalue weighted by Gasteiger charge is 2.40. The van der Waals surface area contributed by atoms with Crippen LogP contribution in [-0.2, 0) is 14.3 Å². The lowest BCUT2D eigenvalue weighted by Crippen LogP contribution is -2.38. The molecule has 0 saturated carbocycles. The third-order valence-corrected chi connectivity index (χ3v) is 2.84. The molecule has 100 valence electrons. The van der Waals surface area contributed by atoms with E-state index in [0.717, 1.165) is 5.82 Å². The van der Waals surface area contributed by atoms with E-state index in [9.17, 15) is 9.90 Å². The molecule has 0 bridgehead atoms. The fraction of sp³-hybridized carbons (Fsp3) is 0.667. The highest BCUT2D eigenvalue weighted by atomic mass is 31.2. The Morgan fingerprint density at radius 2 is 2.28 bits per heavy atom. The van der Waals surface area contributed by atoms with Crippen LogP contribution in [0.15, 0.2) is 11.9 Å². The van der Waals surface area contributed by atoms with Gasteiger partial charge in [-0.2, -0.15) is 0 Å². The van der Waals surface area contributed by atoms with Crippen LogP contribution in [0.25, 0.3) is 0 Å². The molecule has 0 aromatic rings. The second-order valence-electron chi connectivity index (χ2n) is 3.67. The van der Waals surface area contributed by atoms with E-state index < -0.39 is 32.7 Å². The Hall–Kier alpha value is -0.495. The van der Waals surface area contributed by atoms with E-state index in [-0.39, 0.29) is 12.5 Å². The van der Waals surface area contributed by atoms with Gasteiger partial charge in [0.25, 0.3) is 0 Å². The molecule has 0 aromatic heterocycles. The molecule has 9 heteroatoms. The summed E-state index contributed by atoms with van der Waals surface area (Å²) in [6.45, 7) is -0.238. The molecule has 1 heterocycles. The maximum absolute atomic E-state index is 11.0. The molecule has 4 unspecified atom stereocenters. The molecule has 1 saturated heterocycles. The van der Waals surface area contributed by atoms with E-state index in [0.29, 0.717) is 0 Å². The maximum Gasteiger partial charge on any atom is 0.245 e. The van der Waals surface area contributed by atoms with Crippen molar-refractivity contribution in [1.29, 1.82) is 0 Å². The fourth-order valence-corrected chi connectivity index (χ4v) is 1.80. The van der Waals surface area contributed by atoms with Gasteiger partial charge in [0, 0.05) is 13.1 Å². The number of aliphatic hydroxyl groups excluding tert-OH is 1. The number of carbonyl (C=O) groups is 1. The highest BCUT2D eigenvalue weighted by Crippen LogP contribution is 2.28. The zero-order chi connectivity index (χ0) is 13.7. The number of ether oxygens (including phenoxy) is 2. The van der Waals surface area contributed by atoms with Crippen LogP contribution in [0.5, 0.6) is 0 Å². The van der Waals surface area contributed by atoms with Crippen LogP contribution < -0.4 is 5.32 Å². The fourth-order valence-electron chi connectivity index (χ4n) is 1.48. The number of hydrogen-bond acceptors (Lipinski definition) is 6. The molecule has 0 aliphatic carbocycles. The van der Waals surface area contributed by atoms with Crippen LogP contribution >= 0.6 is 8.38 Å². The van der Waals surface area contributed by atoms with Crippen molar-refractivity contribution in [2.45, 2.75) is 24.3 Å². The van der Waals surface area contributed by atoms with Gasteiger partial charge >= 0.3 is 0 Å². The third-order valence-electron chi connectivity index (χ3n) is 2.41. The van der Waals surface area contributed by atoms with Crippen molar-refractivity contribution in [3.8, 4) is 0 Å².